The average molecular weight is 282 g/mol. The number of hydrogen-bond donors (Lipinski definition) is 1. The Hall–Kier alpha value is -2.69. The summed E-state index contributed by atoms with van der Waals surface area (Å²) in [6.07, 6.45) is 0. The third-order valence-corrected chi connectivity index (χ3v) is 3.15. The summed E-state index contributed by atoms with van der Waals surface area (Å²) in [5.74, 6) is -0.00556. The van der Waals surface area contributed by atoms with E-state index < -0.39 is 0 Å². The Bertz CT molecular complexity index is 632. The molecule has 5 heteroatoms. The molecule has 5 nitrogen and oxygen atoms in total. The molecule has 0 radical (unpaired) electrons. The van der Waals surface area contributed by atoms with Crippen molar-refractivity contribution >= 4 is 28.7 Å². The van der Waals surface area contributed by atoms with Crippen LogP contribution in [0, 0.1) is 0 Å². The molecule has 0 aliphatic rings. The smallest absolute Gasteiger partial charge is 0.223 e. The Morgan fingerprint density at radius 3 is 1.86 bits per heavy atom. The molecule has 0 saturated carbocycles. The summed E-state index contributed by atoms with van der Waals surface area (Å²) in [6.45, 7) is 1.53. The van der Waals surface area contributed by atoms with Gasteiger partial charge in [0.05, 0.1) is 11.4 Å². The van der Waals surface area contributed by atoms with Crippen LogP contribution in [0.25, 0.3) is 0 Å². The fourth-order valence-corrected chi connectivity index (χ4v) is 1.73. The van der Waals surface area contributed by atoms with Crippen molar-refractivity contribution in [2.45, 2.75) is 6.92 Å². The monoisotopic (exact) mass is 282 g/mol. The van der Waals surface area contributed by atoms with Crippen LogP contribution in [0.1, 0.15) is 6.92 Å². The van der Waals surface area contributed by atoms with Gasteiger partial charge in [-0.25, -0.2) is 0 Å². The van der Waals surface area contributed by atoms with Crippen LogP contribution in [0.3, 0.4) is 0 Å². The van der Waals surface area contributed by atoms with Crippen LogP contribution in [0.2, 0.25) is 0 Å². The van der Waals surface area contributed by atoms with Crippen LogP contribution in [0.4, 0.5) is 22.7 Å². The van der Waals surface area contributed by atoms with Crippen molar-refractivity contribution in [3.63, 3.8) is 0 Å². The van der Waals surface area contributed by atoms with Gasteiger partial charge in [-0.15, -0.1) is 0 Å². The molecule has 0 unspecified atom stereocenters. The van der Waals surface area contributed by atoms with Crippen molar-refractivity contribution in [1.29, 1.82) is 0 Å². The van der Waals surface area contributed by atoms with Crippen molar-refractivity contribution < 1.29 is 4.79 Å². The second-order valence-electron chi connectivity index (χ2n) is 4.59. The molecule has 2 aromatic carbocycles. The molecule has 0 aromatic heterocycles. The maximum Gasteiger partial charge on any atom is 0.223 e. The lowest BCUT2D eigenvalue weighted by atomic mass is 10.2. The molecule has 0 bridgehead atoms. The van der Waals surface area contributed by atoms with Crippen LogP contribution < -0.4 is 10.2 Å². The van der Waals surface area contributed by atoms with E-state index >= 15 is 0 Å². The number of hydrogen-bond acceptors (Lipinski definition) is 4. The van der Waals surface area contributed by atoms with Gasteiger partial charge in [-0.1, -0.05) is 0 Å². The van der Waals surface area contributed by atoms with Gasteiger partial charge in [0.1, 0.15) is 0 Å². The Morgan fingerprint density at radius 2 is 1.43 bits per heavy atom. The molecule has 108 valence electrons. The fourth-order valence-electron chi connectivity index (χ4n) is 1.73. The van der Waals surface area contributed by atoms with Gasteiger partial charge in [0.25, 0.3) is 0 Å². The lowest BCUT2D eigenvalue weighted by molar-refractivity contribution is -0.116. The second-order valence-corrected chi connectivity index (χ2v) is 4.59. The van der Waals surface area contributed by atoms with Gasteiger partial charge in [-0.3, -0.25) is 4.79 Å². The molecule has 0 atom stereocenters. The van der Waals surface area contributed by atoms with E-state index in [4.69, 9.17) is 0 Å². The quantitative estimate of drug-likeness (QED) is 0.857. The molecule has 1 amide bonds. The van der Waals surface area contributed by atoms with Crippen LogP contribution >= 0.6 is 0 Å². The van der Waals surface area contributed by atoms with Crippen LogP contribution in [-0.4, -0.2) is 20.0 Å². The minimum Gasteiger partial charge on any atom is -0.388 e. The van der Waals surface area contributed by atoms with E-state index in [2.05, 4.69) is 15.5 Å². The molecule has 1 N–H and O–H groups in total. The largest absolute Gasteiger partial charge is 0.388 e. The summed E-state index contributed by atoms with van der Waals surface area (Å²) in [7, 11) is 3.61. The molecular formula is C16H18N4O. The van der Waals surface area contributed by atoms with Crippen LogP contribution in [0.5, 0.6) is 0 Å². The highest BCUT2D eigenvalue weighted by Gasteiger charge is 2.04. The Kier molecular flexibility index (Phi) is 4.66. The number of rotatable bonds is 4. The van der Waals surface area contributed by atoms with E-state index in [0.29, 0.717) is 0 Å². The highest BCUT2D eigenvalue weighted by molar-refractivity contribution is 5.90. The summed E-state index contributed by atoms with van der Waals surface area (Å²) >= 11 is 0. The van der Waals surface area contributed by atoms with E-state index in [1.54, 1.807) is 11.9 Å². The third-order valence-electron chi connectivity index (χ3n) is 3.15. The molecule has 0 aliphatic carbocycles. The maximum atomic E-state index is 11.3. The molecule has 0 spiro atoms. The topological polar surface area (TPSA) is 57.1 Å². The number of anilines is 2. The van der Waals surface area contributed by atoms with E-state index in [9.17, 15) is 4.79 Å². The van der Waals surface area contributed by atoms with Crippen LogP contribution in [-0.2, 0) is 4.79 Å². The van der Waals surface area contributed by atoms with E-state index in [1.165, 1.54) is 6.92 Å². The predicted molar refractivity (Wildman–Crippen MR) is 85.7 cm³/mol. The third kappa shape index (κ3) is 3.89. The molecule has 0 fully saturated rings. The maximum absolute atomic E-state index is 11.3. The minimum atomic E-state index is -0.00556. The zero-order valence-corrected chi connectivity index (χ0v) is 12.4. The number of carbonyl (C=O) groups excluding carboxylic acids is 1. The van der Waals surface area contributed by atoms with Gasteiger partial charge in [0.2, 0.25) is 5.91 Å². The van der Waals surface area contributed by atoms with Gasteiger partial charge in [0, 0.05) is 32.4 Å². The minimum absolute atomic E-state index is 0.00556. The van der Waals surface area contributed by atoms with Crippen molar-refractivity contribution in [2.75, 3.05) is 24.3 Å². The number of benzene rings is 2. The number of nitrogens with zero attached hydrogens (tertiary/aromatic N) is 3. The van der Waals surface area contributed by atoms with Crippen LogP contribution in [0.15, 0.2) is 58.8 Å². The van der Waals surface area contributed by atoms with E-state index in [-0.39, 0.29) is 5.91 Å². The predicted octanol–water partition coefficient (Wildman–Crippen LogP) is 4.13. The number of azo groups is 1. The number of carbonyl (C=O) groups is 1. The zero-order valence-electron chi connectivity index (χ0n) is 12.4. The van der Waals surface area contributed by atoms with Gasteiger partial charge >= 0.3 is 0 Å². The highest BCUT2D eigenvalue weighted by Crippen LogP contribution is 2.22. The van der Waals surface area contributed by atoms with Crippen molar-refractivity contribution in [2.24, 2.45) is 10.2 Å². The molecule has 0 aliphatic heterocycles. The molecule has 0 heterocycles. The standard InChI is InChI=1S/C16H18N4O/c1-12(21)20(3)16-10-8-15(9-11-16)19-18-14-6-4-13(17-2)5-7-14/h4-11,17H,1-3H3. The summed E-state index contributed by atoms with van der Waals surface area (Å²) in [5, 5.41) is 11.4. The second kappa shape index (κ2) is 6.65. The number of nitrogens with one attached hydrogen (secondary N) is 1. The summed E-state index contributed by atoms with van der Waals surface area (Å²) < 4.78 is 0. The first kappa shape index (κ1) is 14.7. The zero-order chi connectivity index (χ0) is 15.2. The lowest BCUT2D eigenvalue weighted by Crippen LogP contribution is -2.22. The van der Waals surface area contributed by atoms with Gasteiger partial charge in [0.15, 0.2) is 0 Å². The normalized spacial score (nSPS) is 10.6. The lowest BCUT2D eigenvalue weighted by Gasteiger charge is -2.14. The van der Waals surface area contributed by atoms with E-state index in [0.717, 1.165) is 22.7 Å². The van der Waals surface area contributed by atoms with Crippen molar-refractivity contribution in [1.82, 2.24) is 0 Å². The first-order valence-electron chi connectivity index (χ1n) is 6.64. The summed E-state index contributed by atoms with van der Waals surface area (Å²) in [4.78, 5) is 12.9. The van der Waals surface area contributed by atoms with Gasteiger partial charge in [-0.05, 0) is 48.5 Å². The molecule has 2 aromatic rings. The molecular weight excluding hydrogens is 264 g/mol. The Balaban J connectivity index is 2.08. The molecule has 0 saturated heterocycles. The Morgan fingerprint density at radius 1 is 0.952 bits per heavy atom. The first-order chi connectivity index (χ1) is 10.1. The first-order valence-corrected chi connectivity index (χ1v) is 6.64. The Labute approximate surface area is 124 Å². The summed E-state index contributed by atoms with van der Waals surface area (Å²) in [5.41, 5.74) is 3.40. The molecule has 2 rings (SSSR count). The van der Waals surface area contributed by atoms with Gasteiger partial charge < -0.3 is 10.2 Å². The SMILES string of the molecule is CNc1ccc(N=Nc2ccc(N(C)C(C)=O)cc2)cc1. The number of amides is 1. The van der Waals surface area contributed by atoms with Crippen molar-refractivity contribution in [3.8, 4) is 0 Å². The highest BCUT2D eigenvalue weighted by atomic mass is 16.2. The fraction of sp³-hybridized carbons (Fsp3) is 0.188. The average Bonchev–Trinajstić information content (AvgIpc) is 2.53. The van der Waals surface area contributed by atoms with Crippen molar-refractivity contribution in [3.05, 3.63) is 48.5 Å². The van der Waals surface area contributed by atoms with E-state index in [1.807, 2.05) is 55.6 Å². The summed E-state index contributed by atoms with van der Waals surface area (Å²) in [6, 6.07) is 15.0. The molecule has 21 heavy (non-hydrogen) atoms. The van der Waals surface area contributed by atoms with Gasteiger partial charge in [-0.2, -0.15) is 10.2 Å².